The van der Waals surface area contributed by atoms with Gasteiger partial charge in [-0.15, -0.1) is 0 Å². The first-order valence-corrected chi connectivity index (χ1v) is 7.24. The summed E-state index contributed by atoms with van der Waals surface area (Å²) < 4.78 is 57.0. The Labute approximate surface area is 131 Å². The molecule has 2 rings (SSSR count). The van der Waals surface area contributed by atoms with Crippen molar-refractivity contribution >= 4 is 11.7 Å². The van der Waals surface area contributed by atoms with Gasteiger partial charge >= 0.3 is 12.2 Å². The van der Waals surface area contributed by atoms with E-state index < -0.39 is 29.3 Å². The van der Waals surface area contributed by atoms with Gasteiger partial charge in [0.2, 0.25) is 0 Å². The number of carbonyl (C=O) groups is 1. The fourth-order valence-electron chi connectivity index (χ4n) is 1.91. The van der Waals surface area contributed by atoms with Crippen LogP contribution in [0, 0.1) is 11.7 Å². The van der Waals surface area contributed by atoms with Crippen molar-refractivity contribution < 1.29 is 27.1 Å². The van der Waals surface area contributed by atoms with Crippen LogP contribution in [0.15, 0.2) is 18.2 Å². The number of hydrogen-bond donors (Lipinski definition) is 1. The summed E-state index contributed by atoms with van der Waals surface area (Å²) in [5.41, 5.74) is -1.70. The van der Waals surface area contributed by atoms with Gasteiger partial charge in [0.1, 0.15) is 5.82 Å². The molecule has 1 aromatic rings. The van der Waals surface area contributed by atoms with Crippen molar-refractivity contribution in [2.24, 2.45) is 5.92 Å². The molecule has 0 aliphatic heterocycles. The lowest BCUT2D eigenvalue weighted by Crippen LogP contribution is -2.34. The van der Waals surface area contributed by atoms with E-state index in [2.05, 4.69) is 5.32 Å². The van der Waals surface area contributed by atoms with E-state index in [0.717, 1.165) is 25.0 Å². The van der Waals surface area contributed by atoms with Gasteiger partial charge in [-0.05, 0) is 37.0 Å². The molecule has 0 aromatic heterocycles. The normalized spacial score (nSPS) is 14.7. The van der Waals surface area contributed by atoms with E-state index in [1.165, 1.54) is 11.9 Å². The molecule has 0 heterocycles. The molecule has 4 nitrogen and oxygen atoms in total. The van der Waals surface area contributed by atoms with E-state index in [9.17, 15) is 22.4 Å². The highest BCUT2D eigenvalue weighted by Gasteiger charge is 2.34. The predicted molar refractivity (Wildman–Crippen MR) is 76.6 cm³/mol. The summed E-state index contributed by atoms with van der Waals surface area (Å²) in [7, 11) is 1.45. The van der Waals surface area contributed by atoms with Crippen molar-refractivity contribution in [3.05, 3.63) is 29.6 Å². The molecule has 1 aliphatic rings. The first-order chi connectivity index (χ1) is 10.8. The molecule has 0 bridgehead atoms. The number of amides is 2. The second-order valence-electron chi connectivity index (χ2n) is 5.56. The number of carbonyl (C=O) groups excluding carboxylic acids is 1. The van der Waals surface area contributed by atoms with E-state index in [4.69, 9.17) is 4.74 Å². The molecular weight excluding hydrogens is 316 g/mol. The van der Waals surface area contributed by atoms with E-state index in [-0.39, 0.29) is 6.54 Å². The van der Waals surface area contributed by atoms with Crippen LogP contribution in [-0.4, -0.2) is 37.7 Å². The second-order valence-corrected chi connectivity index (χ2v) is 5.56. The molecule has 0 atom stereocenters. The molecule has 0 saturated heterocycles. The summed E-state index contributed by atoms with van der Waals surface area (Å²) >= 11 is 0. The molecule has 0 spiro atoms. The van der Waals surface area contributed by atoms with Gasteiger partial charge in [0.05, 0.1) is 17.9 Å². The molecular formula is C15H18F4N2O2. The number of anilines is 1. The molecule has 1 aliphatic carbocycles. The number of alkyl halides is 3. The fraction of sp³-hybridized carbons (Fsp3) is 0.533. The average Bonchev–Trinajstić information content (AvgIpc) is 3.28. The number of halogens is 4. The lowest BCUT2D eigenvalue weighted by molar-refractivity contribution is -0.137. The van der Waals surface area contributed by atoms with Gasteiger partial charge in [0.15, 0.2) is 0 Å². The van der Waals surface area contributed by atoms with Crippen LogP contribution in [0.25, 0.3) is 0 Å². The number of nitrogens with zero attached hydrogens (tertiary/aromatic N) is 1. The number of hydrogen-bond acceptors (Lipinski definition) is 2. The van der Waals surface area contributed by atoms with Crippen LogP contribution in [0.5, 0.6) is 0 Å². The Balaban J connectivity index is 1.90. The molecule has 1 N–H and O–H groups in total. The van der Waals surface area contributed by atoms with Crippen LogP contribution in [-0.2, 0) is 10.9 Å². The predicted octanol–water partition coefficient (Wildman–Crippen LogP) is 3.73. The number of benzene rings is 1. The zero-order chi connectivity index (χ0) is 17.0. The number of rotatable bonds is 6. The lowest BCUT2D eigenvalue weighted by Gasteiger charge is -2.20. The van der Waals surface area contributed by atoms with Crippen molar-refractivity contribution in [2.45, 2.75) is 19.0 Å². The maximum absolute atomic E-state index is 13.0. The summed E-state index contributed by atoms with van der Waals surface area (Å²) in [5.74, 6) is -0.417. The minimum absolute atomic E-state index is 0.251. The first kappa shape index (κ1) is 17.5. The summed E-state index contributed by atoms with van der Waals surface area (Å²) in [5, 5.41) is 2.15. The summed E-state index contributed by atoms with van der Waals surface area (Å²) in [4.78, 5) is 13.1. The van der Waals surface area contributed by atoms with Crippen LogP contribution < -0.4 is 5.32 Å². The topological polar surface area (TPSA) is 41.6 Å². The Hall–Kier alpha value is -1.83. The van der Waals surface area contributed by atoms with Crippen molar-refractivity contribution in [2.75, 3.05) is 32.1 Å². The van der Waals surface area contributed by atoms with Crippen LogP contribution in [0.1, 0.15) is 18.4 Å². The van der Waals surface area contributed by atoms with Gasteiger partial charge in [-0.1, -0.05) is 0 Å². The lowest BCUT2D eigenvalue weighted by atomic mass is 10.1. The quantitative estimate of drug-likeness (QED) is 0.636. The van der Waals surface area contributed by atoms with Gasteiger partial charge in [-0.3, -0.25) is 0 Å². The minimum Gasteiger partial charge on any atom is -0.379 e. The van der Waals surface area contributed by atoms with Crippen LogP contribution in [0.4, 0.5) is 28.0 Å². The van der Waals surface area contributed by atoms with E-state index in [1.807, 2.05) is 0 Å². The van der Waals surface area contributed by atoms with Gasteiger partial charge in [0.25, 0.3) is 0 Å². The Kier molecular flexibility index (Phi) is 5.46. The third-order valence-corrected chi connectivity index (χ3v) is 3.50. The first-order valence-electron chi connectivity index (χ1n) is 7.24. The molecule has 0 radical (unpaired) electrons. The van der Waals surface area contributed by atoms with E-state index in [0.29, 0.717) is 25.2 Å². The van der Waals surface area contributed by atoms with E-state index in [1.54, 1.807) is 0 Å². The monoisotopic (exact) mass is 334 g/mol. The SMILES string of the molecule is CN(CCOCC1CC1)C(=O)Nc1ccc(F)cc1C(F)(F)F. The Morgan fingerprint density at radius 1 is 1.39 bits per heavy atom. The van der Waals surface area contributed by atoms with Crippen molar-refractivity contribution in [1.29, 1.82) is 0 Å². The Morgan fingerprint density at radius 2 is 2.09 bits per heavy atom. The molecule has 2 amide bonds. The van der Waals surface area contributed by atoms with Gasteiger partial charge in [-0.25, -0.2) is 9.18 Å². The van der Waals surface area contributed by atoms with Crippen LogP contribution in [0.3, 0.4) is 0 Å². The fourth-order valence-corrected chi connectivity index (χ4v) is 1.91. The molecule has 1 fully saturated rings. The van der Waals surface area contributed by atoms with Crippen molar-refractivity contribution in [3.8, 4) is 0 Å². The Bertz CT molecular complexity index is 559. The highest BCUT2D eigenvalue weighted by atomic mass is 19.4. The zero-order valence-corrected chi connectivity index (χ0v) is 12.6. The molecule has 128 valence electrons. The van der Waals surface area contributed by atoms with Gasteiger partial charge in [0, 0.05) is 20.2 Å². The summed E-state index contributed by atoms with van der Waals surface area (Å²) in [6.07, 6.45) is -2.45. The summed E-state index contributed by atoms with van der Waals surface area (Å²) in [6, 6.07) is 1.41. The third kappa shape index (κ3) is 5.38. The standard InChI is InChI=1S/C15H18F4N2O2/c1-21(6-7-23-9-10-2-3-10)14(22)20-13-5-4-11(16)8-12(13)15(17,18)19/h4-5,8,10H,2-3,6-7,9H2,1H3,(H,20,22). The highest BCUT2D eigenvalue weighted by Crippen LogP contribution is 2.35. The average molecular weight is 334 g/mol. The highest BCUT2D eigenvalue weighted by molar-refractivity contribution is 5.90. The van der Waals surface area contributed by atoms with Gasteiger partial charge in [-0.2, -0.15) is 13.2 Å². The van der Waals surface area contributed by atoms with E-state index >= 15 is 0 Å². The van der Waals surface area contributed by atoms with Crippen molar-refractivity contribution in [3.63, 3.8) is 0 Å². The summed E-state index contributed by atoms with van der Waals surface area (Å²) in [6.45, 7) is 1.21. The number of likely N-dealkylation sites (N-methyl/N-ethyl adjacent to an activating group) is 1. The largest absolute Gasteiger partial charge is 0.418 e. The maximum atomic E-state index is 13.0. The van der Waals surface area contributed by atoms with Gasteiger partial charge < -0.3 is 15.0 Å². The number of urea groups is 1. The van der Waals surface area contributed by atoms with Crippen molar-refractivity contribution in [1.82, 2.24) is 4.90 Å². The second kappa shape index (κ2) is 7.16. The molecule has 0 unspecified atom stereocenters. The van der Waals surface area contributed by atoms with Crippen LogP contribution >= 0.6 is 0 Å². The van der Waals surface area contributed by atoms with Crippen LogP contribution in [0.2, 0.25) is 0 Å². The number of nitrogens with one attached hydrogen (secondary N) is 1. The number of ether oxygens (including phenoxy) is 1. The maximum Gasteiger partial charge on any atom is 0.418 e. The molecule has 1 aromatic carbocycles. The third-order valence-electron chi connectivity index (χ3n) is 3.50. The Morgan fingerprint density at radius 3 is 2.70 bits per heavy atom. The molecule has 8 heteroatoms. The molecule has 1 saturated carbocycles. The minimum atomic E-state index is -4.75. The smallest absolute Gasteiger partial charge is 0.379 e. The molecule has 23 heavy (non-hydrogen) atoms. The zero-order valence-electron chi connectivity index (χ0n) is 12.6.